The van der Waals surface area contributed by atoms with E-state index in [0.29, 0.717) is 12.6 Å². The maximum Gasteiger partial charge on any atom is 0.212 e. The van der Waals surface area contributed by atoms with E-state index >= 15 is 0 Å². The molecule has 1 fully saturated rings. The first-order chi connectivity index (χ1) is 11.2. The highest BCUT2D eigenvalue weighted by Gasteiger charge is 2.22. The fraction of sp³-hybridized carbons (Fsp3) is 0.500. The van der Waals surface area contributed by atoms with Crippen LogP contribution < -0.4 is 10.1 Å². The molecule has 2 aromatic rings. The Labute approximate surface area is 136 Å². The monoisotopic (exact) mass is 317 g/mol. The van der Waals surface area contributed by atoms with Gasteiger partial charge in [0.15, 0.2) is 0 Å². The van der Waals surface area contributed by atoms with Gasteiger partial charge in [0.1, 0.15) is 12.4 Å². The second-order valence-corrected chi connectivity index (χ2v) is 6.25. The molecule has 0 spiro atoms. The van der Waals surface area contributed by atoms with E-state index in [2.05, 4.69) is 5.32 Å². The highest BCUT2D eigenvalue weighted by atomic mass is 19.1. The molecule has 1 aliphatic rings. The maximum atomic E-state index is 13.2. The summed E-state index contributed by atoms with van der Waals surface area (Å²) in [5.41, 5.74) is 2.90. The Hall–Kier alpha value is -1.88. The number of benzene rings is 1. The van der Waals surface area contributed by atoms with Crippen molar-refractivity contribution in [3.05, 3.63) is 46.9 Å². The van der Waals surface area contributed by atoms with Crippen LogP contribution in [0.5, 0.6) is 5.88 Å². The zero-order valence-corrected chi connectivity index (χ0v) is 13.8. The average molecular weight is 317 g/mol. The third-order valence-electron chi connectivity index (χ3n) is 4.46. The number of rotatable bonds is 6. The highest BCUT2D eigenvalue weighted by molar-refractivity contribution is 5.27. The first-order valence-electron chi connectivity index (χ1n) is 8.28. The molecule has 1 heterocycles. The molecule has 1 aromatic carbocycles. The van der Waals surface area contributed by atoms with E-state index < -0.39 is 0 Å². The summed E-state index contributed by atoms with van der Waals surface area (Å²) in [4.78, 5) is 0. The Bertz CT molecular complexity index is 662. The van der Waals surface area contributed by atoms with Gasteiger partial charge in [-0.25, -0.2) is 9.07 Å². The van der Waals surface area contributed by atoms with Gasteiger partial charge in [-0.3, -0.25) is 0 Å². The van der Waals surface area contributed by atoms with Crippen LogP contribution in [-0.2, 0) is 13.2 Å². The second kappa shape index (κ2) is 7.13. The lowest BCUT2D eigenvalue weighted by atomic mass is 10.1. The van der Waals surface area contributed by atoms with Gasteiger partial charge in [0.25, 0.3) is 0 Å². The lowest BCUT2D eigenvalue weighted by Gasteiger charge is -2.15. The molecule has 1 aliphatic carbocycles. The standard InChI is InChI=1S/C18H24FN3O/c1-13-9-15(19)8-7-14(13)12-23-18-10-16(11-20-2)21-22(18)17-5-3-4-6-17/h7-10,17,20H,3-6,11-12H2,1-2H3. The van der Waals surface area contributed by atoms with Crippen molar-refractivity contribution in [1.29, 1.82) is 0 Å². The van der Waals surface area contributed by atoms with Gasteiger partial charge in [0, 0.05) is 12.6 Å². The Morgan fingerprint density at radius 3 is 2.78 bits per heavy atom. The average Bonchev–Trinajstić information content (AvgIpc) is 3.16. The normalized spacial score (nSPS) is 15.3. The number of ether oxygens (including phenoxy) is 1. The first-order valence-corrected chi connectivity index (χ1v) is 8.28. The molecule has 3 rings (SSSR count). The summed E-state index contributed by atoms with van der Waals surface area (Å²) in [6.07, 6.45) is 4.82. The van der Waals surface area contributed by atoms with Crippen LogP contribution in [0.4, 0.5) is 4.39 Å². The van der Waals surface area contributed by atoms with E-state index in [9.17, 15) is 4.39 Å². The first kappa shape index (κ1) is 16.0. The summed E-state index contributed by atoms with van der Waals surface area (Å²) in [6, 6.07) is 7.25. The van der Waals surface area contributed by atoms with E-state index in [1.807, 2.05) is 24.7 Å². The van der Waals surface area contributed by atoms with Gasteiger partial charge in [0.05, 0.1) is 11.7 Å². The molecule has 23 heavy (non-hydrogen) atoms. The molecule has 0 atom stereocenters. The lowest BCUT2D eigenvalue weighted by Crippen LogP contribution is -2.11. The van der Waals surface area contributed by atoms with E-state index in [1.54, 1.807) is 12.1 Å². The topological polar surface area (TPSA) is 39.1 Å². The molecule has 0 unspecified atom stereocenters. The van der Waals surface area contributed by atoms with E-state index in [-0.39, 0.29) is 5.82 Å². The van der Waals surface area contributed by atoms with E-state index in [1.165, 1.54) is 18.9 Å². The van der Waals surface area contributed by atoms with Crippen molar-refractivity contribution in [2.45, 2.75) is 51.8 Å². The predicted octanol–water partition coefficient (Wildman–Crippen LogP) is 3.74. The van der Waals surface area contributed by atoms with Gasteiger partial charge in [-0.05, 0) is 50.1 Å². The van der Waals surface area contributed by atoms with Crippen LogP contribution in [0.25, 0.3) is 0 Å². The van der Waals surface area contributed by atoms with Crippen molar-refractivity contribution in [2.24, 2.45) is 0 Å². The number of halogens is 1. The minimum atomic E-state index is -0.210. The van der Waals surface area contributed by atoms with E-state index in [0.717, 1.165) is 42.1 Å². The molecule has 5 heteroatoms. The lowest BCUT2D eigenvalue weighted by molar-refractivity contribution is 0.258. The fourth-order valence-corrected chi connectivity index (χ4v) is 3.18. The van der Waals surface area contributed by atoms with Crippen LogP contribution in [-0.4, -0.2) is 16.8 Å². The van der Waals surface area contributed by atoms with Gasteiger partial charge in [-0.2, -0.15) is 5.10 Å². The molecular formula is C18H24FN3O. The zero-order valence-electron chi connectivity index (χ0n) is 13.8. The quantitative estimate of drug-likeness (QED) is 0.882. The number of aromatic nitrogens is 2. The Kier molecular flexibility index (Phi) is 4.96. The van der Waals surface area contributed by atoms with Crippen molar-refractivity contribution in [1.82, 2.24) is 15.1 Å². The molecule has 0 aliphatic heterocycles. The molecule has 0 amide bonds. The summed E-state index contributed by atoms with van der Waals surface area (Å²) in [5, 5.41) is 7.83. The number of hydrogen-bond acceptors (Lipinski definition) is 3. The van der Waals surface area contributed by atoms with Gasteiger partial charge in [-0.15, -0.1) is 0 Å². The molecule has 0 bridgehead atoms. The third kappa shape index (κ3) is 3.72. The van der Waals surface area contributed by atoms with Gasteiger partial charge >= 0.3 is 0 Å². The molecule has 0 saturated heterocycles. The van der Waals surface area contributed by atoms with Crippen LogP contribution in [0.15, 0.2) is 24.3 Å². The molecule has 1 N–H and O–H groups in total. The van der Waals surface area contributed by atoms with Crippen molar-refractivity contribution >= 4 is 0 Å². The van der Waals surface area contributed by atoms with Crippen molar-refractivity contribution < 1.29 is 9.13 Å². The summed E-state index contributed by atoms with van der Waals surface area (Å²) in [7, 11) is 1.91. The van der Waals surface area contributed by atoms with Crippen molar-refractivity contribution in [3.63, 3.8) is 0 Å². The number of nitrogens with zero attached hydrogens (tertiary/aromatic N) is 2. The Morgan fingerprint density at radius 1 is 1.30 bits per heavy atom. The smallest absolute Gasteiger partial charge is 0.212 e. The van der Waals surface area contributed by atoms with Crippen LogP contribution in [0.2, 0.25) is 0 Å². The summed E-state index contributed by atoms with van der Waals surface area (Å²) < 4.78 is 21.3. The fourth-order valence-electron chi connectivity index (χ4n) is 3.18. The largest absolute Gasteiger partial charge is 0.473 e. The molecule has 0 radical (unpaired) electrons. The van der Waals surface area contributed by atoms with Gasteiger partial charge in [0.2, 0.25) is 5.88 Å². The minimum Gasteiger partial charge on any atom is -0.473 e. The molecule has 1 aromatic heterocycles. The summed E-state index contributed by atoms with van der Waals surface area (Å²) >= 11 is 0. The number of nitrogens with one attached hydrogen (secondary N) is 1. The molecule has 124 valence electrons. The second-order valence-electron chi connectivity index (χ2n) is 6.25. The van der Waals surface area contributed by atoms with Crippen molar-refractivity contribution in [3.8, 4) is 5.88 Å². The maximum absolute atomic E-state index is 13.2. The number of aryl methyl sites for hydroxylation is 1. The predicted molar refractivity (Wildman–Crippen MR) is 88.0 cm³/mol. The number of hydrogen-bond donors (Lipinski definition) is 1. The SMILES string of the molecule is CNCc1cc(OCc2ccc(F)cc2C)n(C2CCCC2)n1. The molecule has 4 nitrogen and oxygen atoms in total. The van der Waals surface area contributed by atoms with Gasteiger partial charge in [-0.1, -0.05) is 18.9 Å². The van der Waals surface area contributed by atoms with Crippen molar-refractivity contribution in [2.75, 3.05) is 7.05 Å². The highest BCUT2D eigenvalue weighted by Crippen LogP contribution is 2.33. The summed E-state index contributed by atoms with van der Waals surface area (Å²) in [6.45, 7) is 3.07. The Morgan fingerprint density at radius 2 is 2.09 bits per heavy atom. The minimum absolute atomic E-state index is 0.210. The zero-order chi connectivity index (χ0) is 16.2. The van der Waals surface area contributed by atoms with Crippen LogP contribution in [0, 0.1) is 12.7 Å². The third-order valence-corrected chi connectivity index (χ3v) is 4.46. The molecular weight excluding hydrogens is 293 g/mol. The van der Waals surface area contributed by atoms with Crippen LogP contribution >= 0.6 is 0 Å². The van der Waals surface area contributed by atoms with E-state index in [4.69, 9.17) is 9.84 Å². The Balaban J connectivity index is 1.77. The summed E-state index contributed by atoms with van der Waals surface area (Å²) in [5.74, 6) is 0.601. The van der Waals surface area contributed by atoms with Gasteiger partial charge < -0.3 is 10.1 Å². The molecule has 1 saturated carbocycles. The van der Waals surface area contributed by atoms with Crippen LogP contribution in [0.1, 0.15) is 48.5 Å². The van der Waals surface area contributed by atoms with Crippen LogP contribution in [0.3, 0.4) is 0 Å².